The van der Waals surface area contributed by atoms with Crippen LogP contribution in [0.5, 0.6) is 0 Å². The molecule has 84 valence electrons. The van der Waals surface area contributed by atoms with Gasteiger partial charge < -0.3 is 10.2 Å². The molecule has 0 rings (SSSR count). The molecule has 4 heteroatoms. The number of hydrogen-bond donors (Lipinski definition) is 2. The molecule has 0 amide bonds. The maximum Gasteiger partial charge on any atom is 0.309 e. The molecule has 0 spiro atoms. The number of rotatable bonds is 6. The first-order valence-corrected chi connectivity index (χ1v) is 4.68. The molecule has 0 aromatic heterocycles. The number of ketones is 1. The van der Waals surface area contributed by atoms with Crippen LogP contribution in [-0.4, -0.2) is 28.1 Å². The second-order valence-corrected chi connectivity index (χ2v) is 3.34. The zero-order valence-corrected chi connectivity index (χ0v) is 8.88. The number of hydrogen-bond acceptors (Lipinski definition) is 3. The molecule has 0 aromatic rings. The van der Waals surface area contributed by atoms with Gasteiger partial charge in [0.05, 0.1) is 12.0 Å². The van der Waals surface area contributed by atoms with E-state index in [1.54, 1.807) is 12.2 Å². The highest BCUT2D eigenvalue weighted by Crippen LogP contribution is 2.04. The fourth-order valence-electron chi connectivity index (χ4n) is 0.803. The largest absolute Gasteiger partial charge is 0.481 e. The number of aliphatic hydroxyl groups is 1. The van der Waals surface area contributed by atoms with Crippen molar-refractivity contribution in [1.29, 1.82) is 0 Å². The number of carboxylic acids is 1. The van der Waals surface area contributed by atoms with Gasteiger partial charge in [-0.25, -0.2) is 0 Å². The summed E-state index contributed by atoms with van der Waals surface area (Å²) in [5, 5.41) is 17.9. The number of carbonyl (C=O) groups is 2. The average molecular weight is 212 g/mol. The Bertz CT molecular complexity index is 278. The molecule has 2 atom stereocenters. The van der Waals surface area contributed by atoms with Gasteiger partial charge in [0.25, 0.3) is 0 Å². The van der Waals surface area contributed by atoms with Crippen LogP contribution in [0.4, 0.5) is 0 Å². The van der Waals surface area contributed by atoms with Crippen molar-refractivity contribution in [2.24, 2.45) is 5.92 Å². The Kier molecular flexibility index (Phi) is 6.29. The van der Waals surface area contributed by atoms with Crippen molar-refractivity contribution in [3.63, 3.8) is 0 Å². The summed E-state index contributed by atoms with van der Waals surface area (Å²) < 4.78 is 0. The minimum absolute atomic E-state index is 0.0547. The van der Waals surface area contributed by atoms with Crippen molar-refractivity contribution in [1.82, 2.24) is 0 Å². The second-order valence-electron chi connectivity index (χ2n) is 3.34. The molecule has 0 saturated heterocycles. The number of Topliss-reactive ketones (excluding diaryl/α,β-unsaturated/α-hetero) is 1. The summed E-state index contributed by atoms with van der Waals surface area (Å²) in [6, 6.07) is 0. The van der Waals surface area contributed by atoms with Gasteiger partial charge in [0.1, 0.15) is 5.78 Å². The average Bonchev–Trinajstić information content (AvgIpc) is 2.15. The second kappa shape index (κ2) is 6.95. The van der Waals surface area contributed by atoms with Crippen molar-refractivity contribution in [2.75, 3.05) is 0 Å². The number of aliphatic carboxylic acids is 1. The molecule has 0 aliphatic carbocycles. The molecule has 0 bridgehead atoms. The Labute approximate surface area is 88.9 Å². The van der Waals surface area contributed by atoms with Crippen LogP contribution in [0.3, 0.4) is 0 Å². The zero-order chi connectivity index (χ0) is 11.8. The minimum Gasteiger partial charge on any atom is -0.481 e. The quantitative estimate of drug-likeness (QED) is 0.648. The predicted octanol–water partition coefficient (Wildman–Crippen LogP) is 1.16. The fraction of sp³-hybridized carbons (Fsp3) is 0.455. The Morgan fingerprint density at radius 3 is 2.40 bits per heavy atom. The standard InChI is InChI=1S/C11H16O4/c1-8(12)6-4-3-5-7-10(13)9(2)11(14)15/h3-5,7,9-10,13H,6H2,1-2H3,(H,14,15). The fourth-order valence-corrected chi connectivity index (χ4v) is 0.803. The lowest BCUT2D eigenvalue weighted by Crippen LogP contribution is -2.23. The van der Waals surface area contributed by atoms with Crippen molar-refractivity contribution < 1.29 is 19.8 Å². The number of carboxylic acid groups (broad SMARTS) is 1. The van der Waals surface area contributed by atoms with E-state index in [1.165, 1.54) is 26.0 Å². The molecule has 0 radical (unpaired) electrons. The third-order valence-corrected chi connectivity index (χ3v) is 1.86. The predicted molar refractivity (Wildman–Crippen MR) is 56.4 cm³/mol. The molecule has 0 heterocycles. The molecule has 4 nitrogen and oxygen atoms in total. The van der Waals surface area contributed by atoms with Crippen molar-refractivity contribution in [3.05, 3.63) is 24.3 Å². The van der Waals surface area contributed by atoms with E-state index >= 15 is 0 Å². The lowest BCUT2D eigenvalue weighted by molar-refractivity contribution is -0.143. The molecule has 2 unspecified atom stereocenters. The molecular weight excluding hydrogens is 196 g/mol. The molecule has 0 aliphatic heterocycles. The van der Waals surface area contributed by atoms with E-state index in [0.717, 1.165) is 0 Å². The summed E-state index contributed by atoms with van der Waals surface area (Å²) in [4.78, 5) is 21.0. The third-order valence-electron chi connectivity index (χ3n) is 1.86. The summed E-state index contributed by atoms with van der Waals surface area (Å²) >= 11 is 0. The monoisotopic (exact) mass is 212 g/mol. The first-order chi connectivity index (χ1) is 6.95. The van der Waals surface area contributed by atoms with Gasteiger partial charge in [-0.2, -0.15) is 0 Å². The van der Waals surface area contributed by atoms with Crippen LogP contribution in [-0.2, 0) is 9.59 Å². The van der Waals surface area contributed by atoms with E-state index in [-0.39, 0.29) is 5.78 Å². The Morgan fingerprint density at radius 2 is 1.93 bits per heavy atom. The lowest BCUT2D eigenvalue weighted by atomic mass is 10.1. The molecular formula is C11H16O4. The normalized spacial score (nSPS) is 15.7. The van der Waals surface area contributed by atoms with Gasteiger partial charge in [-0.1, -0.05) is 24.3 Å². The summed E-state index contributed by atoms with van der Waals surface area (Å²) in [5.74, 6) is -1.82. The van der Waals surface area contributed by atoms with Gasteiger partial charge in [0.15, 0.2) is 0 Å². The Balaban J connectivity index is 4.01. The van der Waals surface area contributed by atoms with Gasteiger partial charge in [0, 0.05) is 6.42 Å². The highest BCUT2D eigenvalue weighted by Gasteiger charge is 2.17. The van der Waals surface area contributed by atoms with Gasteiger partial charge in [-0.3, -0.25) is 9.59 Å². The van der Waals surface area contributed by atoms with Gasteiger partial charge >= 0.3 is 5.97 Å². The molecule has 0 aromatic carbocycles. The molecule has 0 saturated carbocycles. The summed E-state index contributed by atoms with van der Waals surface area (Å²) in [5.41, 5.74) is 0. The first-order valence-electron chi connectivity index (χ1n) is 4.68. The van der Waals surface area contributed by atoms with Crippen LogP contribution in [0.15, 0.2) is 24.3 Å². The van der Waals surface area contributed by atoms with Gasteiger partial charge in [0.2, 0.25) is 0 Å². The van der Waals surface area contributed by atoms with Crippen LogP contribution in [0, 0.1) is 5.92 Å². The van der Waals surface area contributed by atoms with Gasteiger partial charge in [-0.15, -0.1) is 0 Å². The van der Waals surface area contributed by atoms with Crippen molar-refractivity contribution in [3.8, 4) is 0 Å². The minimum atomic E-state index is -1.04. The highest BCUT2D eigenvalue weighted by atomic mass is 16.4. The topological polar surface area (TPSA) is 74.6 Å². The summed E-state index contributed by atoms with van der Waals surface area (Å²) in [7, 11) is 0. The van der Waals surface area contributed by atoms with E-state index in [1.807, 2.05) is 0 Å². The number of allylic oxidation sites excluding steroid dienone is 3. The van der Waals surface area contributed by atoms with Crippen LogP contribution >= 0.6 is 0 Å². The van der Waals surface area contributed by atoms with E-state index in [9.17, 15) is 14.7 Å². The molecule has 15 heavy (non-hydrogen) atoms. The maximum atomic E-state index is 10.5. The SMILES string of the molecule is CC(=O)CC=CC=CC(O)C(C)C(=O)O. The van der Waals surface area contributed by atoms with Crippen LogP contribution in [0.2, 0.25) is 0 Å². The highest BCUT2D eigenvalue weighted by molar-refractivity contribution is 5.77. The van der Waals surface area contributed by atoms with Gasteiger partial charge in [-0.05, 0) is 13.8 Å². The van der Waals surface area contributed by atoms with E-state index in [4.69, 9.17) is 5.11 Å². The lowest BCUT2D eigenvalue weighted by Gasteiger charge is -2.09. The van der Waals surface area contributed by atoms with Crippen LogP contribution in [0.25, 0.3) is 0 Å². The van der Waals surface area contributed by atoms with E-state index < -0.39 is 18.0 Å². The Morgan fingerprint density at radius 1 is 1.33 bits per heavy atom. The maximum absolute atomic E-state index is 10.5. The van der Waals surface area contributed by atoms with E-state index in [0.29, 0.717) is 6.42 Å². The number of carbonyl (C=O) groups excluding carboxylic acids is 1. The van der Waals surface area contributed by atoms with Crippen molar-refractivity contribution in [2.45, 2.75) is 26.4 Å². The van der Waals surface area contributed by atoms with Crippen LogP contribution < -0.4 is 0 Å². The smallest absolute Gasteiger partial charge is 0.309 e. The molecule has 0 fully saturated rings. The zero-order valence-electron chi connectivity index (χ0n) is 8.88. The van der Waals surface area contributed by atoms with Crippen LogP contribution in [0.1, 0.15) is 20.3 Å². The van der Waals surface area contributed by atoms with Crippen molar-refractivity contribution >= 4 is 11.8 Å². The number of aliphatic hydroxyl groups excluding tert-OH is 1. The first kappa shape index (κ1) is 13.6. The molecule has 2 N–H and O–H groups in total. The third kappa shape index (κ3) is 6.62. The summed E-state index contributed by atoms with van der Waals surface area (Å²) in [6.07, 6.45) is 5.51. The molecule has 0 aliphatic rings. The summed E-state index contributed by atoms with van der Waals surface area (Å²) in [6.45, 7) is 2.91. The Hall–Kier alpha value is -1.42. The van der Waals surface area contributed by atoms with E-state index in [2.05, 4.69) is 0 Å².